The van der Waals surface area contributed by atoms with E-state index < -0.39 is 11.4 Å². The van der Waals surface area contributed by atoms with Crippen LogP contribution >= 0.6 is 0 Å². The van der Waals surface area contributed by atoms with E-state index in [4.69, 9.17) is 9.47 Å². The molecule has 0 aromatic carbocycles. The third-order valence-corrected chi connectivity index (χ3v) is 1.89. The van der Waals surface area contributed by atoms with Crippen LogP contribution in [0.3, 0.4) is 0 Å². The lowest BCUT2D eigenvalue weighted by Gasteiger charge is -2.37. The second kappa shape index (κ2) is 2.86. The summed E-state index contributed by atoms with van der Waals surface area (Å²) in [5.41, 5.74) is -0.990. The largest absolute Gasteiger partial charge is 0.385 e. The van der Waals surface area contributed by atoms with E-state index in [1.54, 1.807) is 20.8 Å². The topological polar surface area (TPSA) is 38.7 Å². The van der Waals surface area contributed by atoms with Crippen molar-refractivity contribution >= 4 is 0 Å². The third kappa shape index (κ3) is 1.68. The van der Waals surface area contributed by atoms with Crippen LogP contribution in [0.5, 0.6) is 0 Å². The van der Waals surface area contributed by atoms with Crippen molar-refractivity contribution in [3.8, 4) is 0 Å². The maximum atomic E-state index is 9.49. The normalized spacial score (nSPS) is 13.8. The third-order valence-electron chi connectivity index (χ3n) is 1.89. The zero-order chi connectivity index (χ0) is 8.41. The van der Waals surface area contributed by atoms with Gasteiger partial charge in [0.05, 0.1) is 0 Å². The Morgan fingerprint density at radius 1 is 1.00 bits per heavy atom. The Labute approximate surface area is 62.0 Å². The molecule has 0 saturated carbocycles. The van der Waals surface area contributed by atoms with Gasteiger partial charge in [-0.1, -0.05) is 0 Å². The van der Waals surface area contributed by atoms with E-state index in [1.807, 2.05) is 0 Å². The molecule has 0 radical (unpaired) electrons. The highest BCUT2D eigenvalue weighted by atomic mass is 16.7. The molecule has 10 heavy (non-hydrogen) atoms. The Morgan fingerprint density at radius 2 is 1.30 bits per heavy atom. The molecule has 0 spiro atoms. The van der Waals surface area contributed by atoms with E-state index in [9.17, 15) is 5.11 Å². The van der Waals surface area contributed by atoms with Crippen LogP contribution in [0, 0.1) is 0 Å². The van der Waals surface area contributed by atoms with E-state index in [2.05, 4.69) is 0 Å². The summed E-state index contributed by atoms with van der Waals surface area (Å²) in [5.74, 6) is -0.924. The second-order valence-corrected chi connectivity index (χ2v) is 2.91. The molecule has 0 fully saturated rings. The Kier molecular flexibility index (Phi) is 2.83. The summed E-state index contributed by atoms with van der Waals surface area (Å²) in [4.78, 5) is 0. The minimum Gasteiger partial charge on any atom is -0.385 e. The number of hydrogen-bond acceptors (Lipinski definition) is 3. The summed E-state index contributed by atoms with van der Waals surface area (Å²) in [6, 6.07) is 0. The first-order valence-electron chi connectivity index (χ1n) is 3.20. The molecule has 3 nitrogen and oxygen atoms in total. The Morgan fingerprint density at radius 3 is 1.30 bits per heavy atom. The maximum absolute atomic E-state index is 9.49. The zero-order valence-electron chi connectivity index (χ0n) is 7.26. The standard InChI is InChI=1S/C7H16O3/c1-6(2,8)7(3,9-4)10-5/h8H,1-5H3. The lowest BCUT2D eigenvalue weighted by molar-refractivity contribution is -0.279. The second-order valence-electron chi connectivity index (χ2n) is 2.91. The highest BCUT2D eigenvalue weighted by Crippen LogP contribution is 2.24. The highest BCUT2D eigenvalue weighted by molar-refractivity contribution is 4.82. The van der Waals surface area contributed by atoms with Crippen molar-refractivity contribution in [1.29, 1.82) is 0 Å². The number of hydrogen-bond donors (Lipinski definition) is 1. The predicted octanol–water partition coefficient (Wildman–Crippen LogP) is 0.766. The van der Waals surface area contributed by atoms with Crippen molar-refractivity contribution < 1.29 is 14.6 Å². The minimum absolute atomic E-state index is 0.924. The van der Waals surface area contributed by atoms with Crippen molar-refractivity contribution in [2.24, 2.45) is 0 Å². The van der Waals surface area contributed by atoms with Gasteiger partial charge in [0.25, 0.3) is 0 Å². The van der Waals surface area contributed by atoms with Crippen molar-refractivity contribution in [3.63, 3.8) is 0 Å². The molecule has 0 amide bonds. The van der Waals surface area contributed by atoms with Crippen molar-refractivity contribution in [2.75, 3.05) is 14.2 Å². The number of ether oxygens (including phenoxy) is 2. The fourth-order valence-electron chi connectivity index (χ4n) is 0.583. The minimum atomic E-state index is -0.990. The van der Waals surface area contributed by atoms with Crippen LogP contribution in [0.25, 0.3) is 0 Å². The molecule has 3 heteroatoms. The number of rotatable bonds is 3. The molecule has 0 heterocycles. The van der Waals surface area contributed by atoms with Crippen LogP contribution in [0.15, 0.2) is 0 Å². The smallest absolute Gasteiger partial charge is 0.193 e. The molecule has 0 atom stereocenters. The van der Waals surface area contributed by atoms with Crippen molar-refractivity contribution in [3.05, 3.63) is 0 Å². The van der Waals surface area contributed by atoms with Crippen LogP contribution in [0.2, 0.25) is 0 Å². The Balaban J connectivity index is 4.33. The van der Waals surface area contributed by atoms with Crippen LogP contribution in [0.1, 0.15) is 20.8 Å². The zero-order valence-corrected chi connectivity index (χ0v) is 7.26. The summed E-state index contributed by atoms with van der Waals surface area (Å²) in [5, 5.41) is 9.49. The van der Waals surface area contributed by atoms with E-state index in [0.717, 1.165) is 0 Å². The van der Waals surface area contributed by atoms with Gasteiger partial charge in [0.15, 0.2) is 5.79 Å². The Bertz CT molecular complexity index is 99.9. The van der Waals surface area contributed by atoms with Crippen LogP contribution in [0.4, 0.5) is 0 Å². The molecular weight excluding hydrogens is 132 g/mol. The molecular formula is C7H16O3. The van der Waals surface area contributed by atoms with Crippen molar-refractivity contribution in [1.82, 2.24) is 0 Å². The van der Waals surface area contributed by atoms with Gasteiger partial charge >= 0.3 is 0 Å². The quantitative estimate of drug-likeness (QED) is 0.601. The van der Waals surface area contributed by atoms with E-state index in [-0.39, 0.29) is 0 Å². The van der Waals surface area contributed by atoms with Gasteiger partial charge in [0, 0.05) is 14.2 Å². The molecule has 0 rings (SSSR count). The average Bonchev–Trinajstić information content (AvgIpc) is 1.84. The van der Waals surface area contributed by atoms with Crippen molar-refractivity contribution in [2.45, 2.75) is 32.2 Å². The molecule has 0 aliphatic heterocycles. The molecule has 1 N–H and O–H groups in total. The van der Waals surface area contributed by atoms with Crippen LogP contribution in [-0.2, 0) is 9.47 Å². The van der Waals surface area contributed by atoms with Gasteiger partial charge < -0.3 is 14.6 Å². The van der Waals surface area contributed by atoms with Gasteiger partial charge in [-0.25, -0.2) is 0 Å². The molecule has 62 valence electrons. The van der Waals surface area contributed by atoms with Gasteiger partial charge in [-0.15, -0.1) is 0 Å². The monoisotopic (exact) mass is 148 g/mol. The summed E-state index contributed by atoms with van der Waals surface area (Å²) in [7, 11) is 3.00. The molecule has 0 saturated heterocycles. The summed E-state index contributed by atoms with van der Waals surface area (Å²) < 4.78 is 9.96. The Hall–Kier alpha value is -0.120. The maximum Gasteiger partial charge on any atom is 0.193 e. The number of methoxy groups -OCH3 is 2. The SMILES string of the molecule is COC(C)(OC)C(C)(C)O. The van der Waals surface area contributed by atoms with E-state index >= 15 is 0 Å². The molecule has 0 aliphatic rings. The van der Waals surface area contributed by atoms with Crippen LogP contribution < -0.4 is 0 Å². The lowest BCUT2D eigenvalue weighted by atomic mass is 9.99. The first-order chi connectivity index (χ1) is 4.37. The molecule has 0 aliphatic carbocycles. The summed E-state index contributed by atoms with van der Waals surface area (Å²) in [6.07, 6.45) is 0. The van der Waals surface area contributed by atoms with Gasteiger partial charge in [0.1, 0.15) is 5.60 Å². The summed E-state index contributed by atoms with van der Waals surface area (Å²) in [6.45, 7) is 4.97. The van der Waals surface area contributed by atoms with Gasteiger partial charge in [-0.3, -0.25) is 0 Å². The van der Waals surface area contributed by atoms with Gasteiger partial charge in [0.2, 0.25) is 0 Å². The van der Waals surface area contributed by atoms with Gasteiger partial charge in [-0.05, 0) is 20.8 Å². The lowest BCUT2D eigenvalue weighted by Crippen LogP contribution is -2.50. The fraction of sp³-hybridized carbons (Fsp3) is 1.00. The predicted molar refractivity (Wildman–Crippen MR) is 38.7 cm³/mol. The van der Waals surface area contributed by atoms with E-state index in [0.29, 0.717) is 0 Å². The molecule has 0 aromatic rings. The van der Waals surface area contributed by atoms with Crippen LogP contribution in [-0.4, -0.2) is 30.7 Å². The molecule has 0 unspecified atom stereocenters. The summed E-state index contributed by atoms with van der Waals surface area (Å²) >= 11 is 0. The highest BCUT2D eigenvalue weighted by Gasteiger charge is 2.39. The fourth-order valence-corrected chi connectivity index (χ4v) is 0.583. The molecule has 0 aromatic heterocycles. The number of aliphatic hydroxyl groups is 1. The van der Waals surface area contributed by atoms with Gasteiger partial charge in [-0.2, -0.15) is 0 Å². The first-order valence-corrected chi connectivity index (χ1v) is 3.20. The molecule has 0 bridgehead atoms. The van der Waals surface area contributed by atoms with E-state index in [1.165, 1.54) is 14.2 Å². The average molecular weight is 148 g/mol. The first kappa shape index (κ1) is 9.88.